The first-order chi connectivity index (χ1) is 14.5. The summed E-state index contributed by atoms with van der Waals surface area (Å²) in [6.07, 6.45) is 1.68. The Morgan fingerprint density at radius 1 is 1.17 bits per heavy atom. The zero-order valence-corrected chi connectivity index (χ0v) is 17.2. The highest BCUT2D eigenvalue weighted by Gasteiger charge is 2.19. The molecule has 5 heteroatoms. The van der Waals surface area contributed by atoms with Gasteiger partial charge in [-0.25, -0.2) is 0 Å². The number of furan rings is 1. The third kappa shape index (κ3) is 5.18. The molecular formula is C25H24N2O3. The molecule has 5 nitrogen and oxygen atoms in total. The minimum Gasteiger partial charge on any atom is -0.485 e. The first-order valence-corrected chi connectivity index (χ1v) is 9.68. The molecule has 0 aliphatic heterocycles. The van der Waals surface area contributed by atoms with E-state index in [-0.39, 0.29) is 18.3 Å². The molecule has 0 atom stereocenters. The van der Waals surface area contributed by atoms with Crippen molar-refractivity contribution in [2.45, 2.75) is 27.0 Å². The number of hydrogen-bond donors (Lipinski definition) is 0. The normalized spacial score (nSPS) is 10.3. The van der Waals surface area contributed by atoms with Gasteiger partial charge in [-0.1, -0.05) is 35.9 Å². The predicted octanol–water partition coefficient (Wildman–Crippen LogP) is 5.18. The molecule has 0 saturated carbocycles. The van der Waals surface area contributed by atoms with Crippen LogP contribution in [0.1, 0.15) is 38.6 Å². The van der Waals surface area contributed by atoms with Crippen LogP contribution >= 0.6 is 0 Å². The Morgan fingerprint density at radius 2 is 1.93 bits per heavy atom. The van der Waals surface area contributed by atoms with E-state index in [1.165, 1.54) is 5.56 Å². The number of ether oxygens (including phenoxy) is 1. The van der Waals surface area contributed by atoms with E-state index in [1.807, 2.05) is 38.1 Å². The molecule has 0 N–H and O–H groups in total. The molecule has 0 radical (unpaired) electrons. The van der Waals surface area contributed by atoms with Crippen molar-refractivity contribution < 1.29 is 13.9 Å². The summed E-state index contributed by atoms with van der Waals surface area (Å²) in [5, 5.41) is 8.93. The number of rotatable bonds is 8. The van der Waals surface area contributed by atoms with Crippen molar-refractivity contribution in [1.29, 1.82) is 5.26 Å². The number of benzene rings is 2. The van der Waals surface area contributed by atoms with E-state index in [9.17, 15) is 4.79 Å². The lowest BCUT2D eigenvalue weighted by atomic mass is 10.1. The van der Waals surface area contributed by atoms with E-state index in [4.69, 9.17) is 14.4 Å². The van der Waals surface area contributed by atoms with Gasteiger partial charge in [-0.05, 0) is 55.3 Å². The number of carbonyl (C=O) groups excluding carboxylic acids is 1. The largest absolute Gasteiger partial charge is 0.485 e. The number of amides is 1. The Kier molecular flexibility index (Phi) is 6.71. The van der Waals surface area contributed by atoms with E-state index in [0.29, 0.717) is 24.4 Å². The van der Waals surface area contributed by atoms with E-state index >= 15 is 0 Å². The van der Waals surface area contributed by atoms with Crippen LogP contribution in [0, 0.1) is 25.2 Å². The van der Waals surface area contributed by atoms with Gasteiger partial charge in [0.2, 0.25) is 0 Å². The summed E-state index contributed by atoms with van der Waals surface area (Å²) in [6.45, 7) is 8.79. The second-order valence-electron chi connectivity index (χ2n) is 7.11. The van der Waals surface area contributed by atoms with Crippen LogP contribution in [0.15, 0.2) is 71.7 Å². The fraction of sp³-hybridized carbons (Fsp3) is 0.200. The van der Waals surface area contributed by atoms with Crippen LogP contribution in [0.2, 0.25) is 0 Å². The van der Waals surface area contributed by atoms with Crippen molar-refractivity contribution in [3.63, 3.8) is 0 Å². The molecule has 1 aromatic heterocycles. The molecule has 0 fully saturated rings. The highest BCUT2D eigenvalue weighted by molar-refractivity contribution is 5.91. The SMILES string of the molecule is C=CCN(Cc1ccc(C#N)cc1)C(=O)c1ccc(COc2ccc(C)cc2C)o1. The van der Waals surface area contributed by atoms with E-state index in [2.05, 4.69) is 18.7 Å². The zero-order valence-electron chi connectivity index (χ0n) is 17.2. The number of nitrogens with zero attached hydrogens (tertiary/aromatic N) is 2. The lowest BCUT2D eigenvalue weighted by Gasteiger charge is -2.20. The zero-order chi connectivity index (χ0) is 21.5. The summed E-state index contributed by atoms with van der Waals surface area (Å²) >= 11 is 0. The average molecular weight is 400 g/mol. The van der Waals surface area contributed by atoms with Crippen molar-refractivity contribution in [3.05, 3.63) is 101 Å². The van der Waals surface area contributed by atoms with Crippen molar-refractivity contribution in [1.82, 2.24) is 4.90 Å². The van der Waals surface area contributed by atoms with Crippen LogP contribution in [0.4, 0.5) is 0 Å². The van der Waals surface area contributed by atoms with Crippen molar-refractivity contribution in [2.75, 3.05) is 6.54 Å². The van der Waals surface area contributed by atoms with Gasteiger partial charge < -0.3 is 14.1 Å². The quantitative estimate of drug-likeness (QED) is 0.489. The molecule has 30 heavy (non-hydrogen) atoms. The molecule has 1 heterocycles. The third-order valence-corrected chi connectivity index (χ3v) is 4.67. The maximum Gasteiger partial charge on any atom is 0.290 e. The predicted molar refractivity (Wildman–Crippen MR) is 115 cm³/mol. The molecule has 3 aromatic rings. The fourth-order valence-electron chi connectivity index (χ4n) is 3.12. The van der Waals surface area contributed by atoms with Gasteiger partial charge in [-0.2, -0.15) is 5.26 Å². The van der Waals surface area contributed by atoms with Crippen LogP contribution in [-0.2, 0) is 13.2 Å². The van der Waals surface area contributed by atoms with E-state index in [0.717, 1.165) is 16.9 Å². The standard InChI is InChI=1S/C25H24N2O3/c1-4-13-27(16-21-8-6-20(15-26)7-9-21)25(28)24-12-10-22(30-24)17-29-23-11-5-18(2)14-19(23)3/h4-12,14H,1,13,16-17H2,2-3H3. The van der Waals surface area contributed by atoms with E-state index < -0.39 is 0 Å². The van der Waals surface area contributed by atoms with Crippen molar-refractivity contribution in [3.8, 4) is 11.8 Å². The molecule has 2 aromatic carbocycles. The van der Waals surface area contributed by atoms with Crippen molar-refractivity contribution >= 4 is 5.91 Å². The number of carbonyl (C=O) groups is 1. The van der Waals surface area contributed by atoms with Crippen molar-refractivity contribution in [2.24, 2.45) is 0 Å². The minimum absolute atomic E-state index is 0.225. The van der Waals surface area contributed by atoms with Crippen LogP contribution in [0.3, 0.4) is 0 Å². The molecule has 0 aliphatic carbocycles. The maximum absolute atomic E-state index is 12.9. The van der Waals surface area contributed by atoms with Crippen LogP contribution < -0.4 is 4.74 Å². The second kappa shape index (κ2) is 9.62. The summed E-state index contributed by atoms with van der Waals surface area (Å²) in [5.41, 5.74) is 3.74. The highest BCUT2D eigenvalue weighted by Crippen LogP contribution is 2.21. The first kappa shape index (κ1) is 20.9. The van der Waals surface area contributed by atoms with E-state index in [1.54, 1.807) is 35.2 Å². The monoisotopic (exact) mass is 400 g/mol. The summed E-state index contributed by atoms with van der Waals surface area (Å²) in [7, 11) is 0. The van der Waals surface area contributed by atoms with Crippen LogP contribution in [0.25, 0.3) is 0 Å². The molecule has 0 saturated heterocycles. The average Bonchev–Trinajstić information content (AvgIpc) is 3.22. The molecule has 1 amide bonds. The summed E-state index contributed by atoms with van der Waals surface area (Å²) in [6, 6.07) is 18.7. The molecule has 3 rings (SSSR count). The van der Waals surface area contributed by atoms with Crippen LogP contribution in [0.5, 0.6) is 5.75 Å². The number of aryl methyl sites for hydroxylation is 2. The lowest BCUT2D eigenvalue weighted by Crippen LogP contribution is -2.30. The molecule has 0 spiro atoms. The first-order valence-electron chi connectivity index (χ1n) is 9.68. The molecular weight excluding hydrogens is 376 g/mol. The van der Waals surface area contributed by atoms with Gasteiger partial charge in [-0.3, -0.25) is 4.79 Å². The number of hydrogen-bond acceptors (Lipinski definition) is 4. The summed E-state index contributed by atoms with van der Waals surface area (Å²) in [5.74, 6) is 1.40. The molecule has 0 unspecified atom stereocenters. The third-order valence-electron chi connectivity index (χ3n) is 4.67. The van der Waals surface area contributed by atoms with Crippen LogP contribution in [-0.4, -0.2) is 17.4 Å². The Bertz CT molecular complexity index is 1070. The minimum atomic E-state index is -0.225. The summed E-state index contributed by atoms with van der Waals surface area (Å²) < 4.78 is 11.6. The Morgan fingerprint density at radius 3 is 2.60 bits per heavy atom. The van der Waals surface area contributed by atoms with Gasteiger partial charge in [0.25, 0.3) is 5.91 Å². The number of nitriles is 1. The second-order valence-corrected chi connectivity index (χ2v) is 7.11. The topological polar surface area (TPSA) is 66.5 Å². The van der Waals surface area contributed by atoms with Gasteiger partial charge >= 0.3 is 0 Å². The highest BCUT2D eigenvalue weighted by atomic mass is 16.5. The smallest absolute Gasteiger partial charge is 0.290 e. The van der Waals surface area contributed by atoms with Gasteiger partial charge in [-0.15, -0.1) is 6.58 Å². The molecule has 0 bridgehead atoms. The summed E-state index contributed by atoms with van der Waals surface area (Å²) in [4.78, 5) is 14.6. The fourth-order valence-corrected chi connectivity index (χ4v) is 3.12. The Balaban J connectivity index is 1.67. The van der Waals surface area contributed by atoms with Gasteiger partial charge in [0.1, 0.15) is 18.1 Å². The Labute approximate surface area is 176 Å². The molecule has 152 valence electrons. The molecule has 0 aliphatic rings. The van der Waals surface area contributed by atoms with Gasteiger partial charge in [0.15, 0.2) is 5.76 Å². The lowest BCUT2D eigenvalue weighted by molar-refractivity contribution is 0.0726. The maximum atomic E-state index is 12.9. The van der Waals surface area contributed by atoms with Gasteiger partial charge in [0.05, 0.1) is 11.6 Å². The Hall–Kier alpha value is -3.78. The van der Waals surface area contributed by atoms with Gasteiger partial charge in [0, 0.05) is 13.1 Å².